The molecule has 0 fully saturated rings. The summed E-state index contributed by atoms with van der Waals surface area (Å²) in [6, 6.07) is 15.0. The number of nitrogens with one attached hydrogen (secondary N) is 2. The SMILES string of the molecule is O=C(Nc1ccc(CNc2ccc(Br)cn2)cc1)c1cccnc1. The first-order valence-electron chi connectivity index (χ1n) is 7.36. The van der Waals surface area contributed by atoms with Gasteiger partial charge in [0.1, 0.15) is 5.82 Å². The van der Waals surface area contributed by atoms with Crippen LogP contribution in [0.2, 0.25) is 0 Å². The average molecular weight is 383 g/mol. The van der Waals surface area contributed by atoms with Crippen LogP contribution in [0.5, 0.6) is 0 Å². The largest absolute Gasteiger partial charge is 0.366 e. The highest BCUT2D eigenvalue weighted by Crippen LogP contribution is 2.14. The van der Waals surface area contributed by atoms with Crippen molar-refractivity contribution in [1.82, 2.24) is 9.97 Å². The van der Waals surface area contributed by atoms with Crippen molar-refractivity contribution in [3.63, 3.8) is 0 Å². The van der Waals surface area contributed by atoms with E-state index in [1.54, 1.807) is 30.7 Å². The summed E-state index contributed by atoms with van der Waals surface area (Å²) in [7, 11) is 0. The van der Waals surface area contributed by atoms with Gasteiger partial charge in [0.05, 0.1) is 5.56 Å². The lowest BCUT2D eigenvalue weighted by Gasteiger charge is -2.08. The molecule has 0 aliphatic rings. The highest BCUT2D eigenvalue weighted by molar-refractivity contribution is 9.10. The Hall–Kier alpha value is -2.73. The van der Waals surface area contributed by atoms with Crippen LogP contribution in [0.1, 0.15) is 15.9 Å². The molecule has 3 rings (SSSR count). The standard InChI is InChI=1S/C18H15BrN4O/c19-15-5-8-17(22-12-15)21-10-13-3-6-16(7-4-13)23-18(24)14-2-1-9-20-11-14/h1-9,11-12H,10H2,(H,21,22)(H,23,24). The molecular weight excluding hydrogens is 368 g/mol. The molecule has 120 valence electrons. The van der Waals surface area contributed by atoms with Gasteiger partial charge >= 0.3 is 0 Å². The van der Waals surface area contributed by atoms with Crippen molar-refractivity contribution in [3.8, 4) is 0 Å². The van der Waals surface area contributed by atoms with Crippen LogP contribution in [-0.4, -0.2) is 15.9 Å². The first-order valence-corrected chi connectivity index (χ1v) is 8.16. The molecule has 5 nitrogen and oxygen atoms in total. The van der Waals surface area contributed by atoms with Crippen LogP contribution in [0, 0.1) is 0 Å². The Kier molecular flexibility index (Phi) is 5.18. The minimum atomic E-state index is -0.173. The Balaban J connectivity index is 1.57. The first-order chi connectivity index (χ1) is 11.7. The maximum Gasteiger partial charge on any atom is 0.257 e. The van der Waals surface area contributed by atoms with Crippen molar-refractivity contribution in [2.45, 2.75) is 6.54 Å². The van der Waals surface area contributed by atoms with Crippen LogP contribution in [0.3, 0.4) is 0 Å². The van der Waals surface area contributed by atoms with Gasteiger partial charge < -0.3 is 10.6 Å². The van der Waals surface area contributed by atoms with E-state index in [2.05, 4.69) is 36.5 Å². The normalized spacial score (nSPS) is 10.2. The van der Waals surface area contributed by atoms with Gasteiger partial charge in [-0.2, -0.15) is 0 Å². The molecule has 2 aromatic heterocycles. The van der Waals surface area contributed by atoms with Gasteiger partial charge in [0, 0.05) is 35.3 Å². The smallest absolute Gasteiger partial charge is 0.257 e. The van der Waals surface area contributed by atoms with E-state index in [0.29, 0.717) is 12.1 Å². The van der Waals surface area contributed by atoms with Crippen LogP contribution in [0.15, 0.2) is 71.6 Å². The fourth-order valence-corrected chi connectivity index (χ4v) is 2.31. The van der Waals surface area contributed by atoms with Gasteiger partial charge in [-0.25, -0.2) is 4.98 Å². The minimum absolute atomic E-state index is 0.173. The van der Waals surface area contributed by atoms with Gasteiger partial charge in [-0.05, 0) is 57.9 Å². The Bertz CT molecular complexity index is 805. The van der Waals surface area contributed by atoms with E-state index in [-0.39, 0.29) is 5.91 Å². The molecule has 24 heavy (non-hydrogen) atoms. The summed E-state index contributed by atoms with van der Waals surface area (Å²) in [6.07, 6.45) is 4.93. The number of amides is 1. The maximum atomic E-state index is 12.1. The number of hydrogen-bond donors (Lipinski definition) is 2. The second kappa shape index (κ2) is 7.70. The molecule has 0 aliphatic carbocycles. The highest BCUT2D eigenvalue weighted by Gasteiger charge is 2.05. The lowest BCUT2D eigenvalue weighted by molar-refractivity contribution is 0.102. The zero-order valence-corrected chi connectivity index (χ0v) is 14.3. The van der Waals surface area contributed by atoms with Gasteiger partial charge in [0.2, 0.25) is 0 Å². The van der Waals surface area contributed by atoms with Crippen molar-refractivity contribution in [3.05, 3.63) is 82.7 Å². The van der Waals surface area contributed by atoms with Crippen LogP contribution < -0.4 is 10.6 Å². The van der Waals surface area contributed by atoms with E-state index in [9.17, 15) is 4.79 Å². The fraction of sp³-hybridized carbons (Fsp3) is 0.0556. The zero-order valence-electron chi connectivity index (χ0n) is 12.7. The molecule has 0 spiro atoms. The molecule has 0 unspecified atom stereocenters. The number of pyridine rings is 2. The first kappa shape index (κ1) is 16.1. The predicted molar refractivity (Wildman–Crippen MR) is 97.9 cm³/mol. The lowest BCUT2D eigenvalue weighted by Crippen LogP contribution is -2.12. The second-order valence-electron chi connectivity index (χ2n) is 5.11. The second-order valence-corrected chi connectivity index (χ2v) is 6.02. The Morgan fingerprint density at radius 3 is 2.54 bits per heavy atom. The summed E-state index contributed by atoms with van der Waals surface area (Å²) in [4.78, 5) is 20.3. The monoisotopic (exact) mass is 382 g/mol. The van der Waals surface area contributed by atoms with Crippen molar-refractivity contribution >= 4 is 33.3 Å². The van der Waals surface area contributed by atoms with Gasteiger partial charge in [0.15, 0.2) is 0 Å². The van der Waals surface area contributed by atoms with Crippen molar-refractivity contribution in [2.24, 2.45) is 0 Å². The van der Waals surface area contributed by atoms with E-state index < -0.39 is 0 Å². The molecule has 3 aromatic rings. The molecule has 0 saturated carbocycles. The third-order valence-electron chi connectivity index (χ3n) is 3.34. The predicted octanol–water partition coefficient (Wildman–Crippen LogP) is 4.10. The van der Waals surface area contributed by atoms with Crippen molar-refractivity contribution in [1.29, 1.82) is 0 Å². The minimum Gasteiger partial charge on any atom is -0.366 e. The fourth-order valence-electron chi connectivity index (χ4n) is 2.08. The summed E-state index contributed by atoms with van der Waals surface area (Å²) in [5, 5.41) is 6.10. The summed E-state index contributed by atoms with van der Waals surface area (Å²) in [5.74, 6) is 0.639. The number of carbonyl (C=O) groups excluding carboxylic acids is 1. The van der Waals surface area contributed by atoms with E-state index in [1.165, 1.54) is 0 Å². The number of benzene rings is 1. The number of nitrogens with zero attached hydrogens (tertiary/aromatic N) is 2. The van der Waals surface area contributed by atoms with Crippen molar-refractivity contribution < 1.29 is 4.79 Å². The Labute approximate surface area is 148 Å². The lowest BCUT2D eigenvalue weighted by atomic mass is 10.2. The van der Waals surface area contributed by atoms with E-state index in [0.717, 1.165) is 21.5 Å². The molecule has 0 saturated heterocycles. The number of carbonyl (C=O) groups is 1. The molecule has 2 heterocycles. The summed E-state index contributed by atoms with van der Waals surface area (Å²) in [6.45, 7) is 0.658. The number of rotatable bonds is 5. The topological polar surface area (TPSA) is 66.9 Å². The highest BCUT2D eigenvalue weighted by atomic mass is 79.9. The molecule has 2 N–H and O–H groups in total. The third kappa shape index (κ3) is 4.39. The molecule has 1 amide bonds. The van der Waals surface area contributed by atoms with Gasteiger partial charge in [0.25, 0.3) is 5.91 Å². The molecular formula is C18H15BrN4O. The van der Waals surface area contributed by atoms with Crippen LogP contribution in [0.4, 0.5) is 11.5 Å². The van der Waals surface area contributed by atoms with E-state index in [1.807, 2.05) is 36.4 Å². The number of halogens is 1. The van der Waals surface area contributed by atoms with Crippen molar-refractivity contribution in [2.75, 3.05) is 10.6 Å². The van der Waals surface area contributed by atoms with Crippen LogP contribution >= 0.6 is 15.9 Å². The quantitative estimate of drug-likeness (QED) is 0.696. The zero-order chi connectivity index (χ0) is 16.8. The van der Waals surface area contributed by atoms with Gasteiger partial charge in [-0.3, -0.25) is 9.78 Å². The molecule has 0 bridgehead atoms. The molecule has 1 aromatic carbocycles. The molecule has 0 aliphatic heterocycles. The summed E-state index contributed by atoms with van der Waals surface area (Å²) >= 11 is 3.36. The van der Waals surface area contributed by atoms with E-state index in [4.69, 9.17) is 0 Å². The third-order valence-corrected chi connectivity index (χ3v) is 3.81. The number of aromatic nitrogens is 2. The number of anilines is 2. The summed E-state index contributed by atoms with van der Waals surface area (Å²) in [5.41, 5.74) is 2.37. The van der Waals surface area contributed by atoms with Crippen LogP contribution in [0.25, 0.3) is 0 Å². The average Bonchev–Trinajstić information content (AvgIpc) is 2.63. The molecule has 0 radical (unpaired) electrons. The maximum absolute atomic E-state index is 12.1. The Morgan fingerprint density at radius 1 is 1.04 bits per heavy atom. The molecule has 0 atom stereocenters. The van der Waals surface area contributed by atoms with E-state index >= 15 is 0 Å². The molecule has 6 heteroatoms. The summed E-state index contributed by atoms with van der Waals surface area (Å²) < 4.78 is 0.946. The van der Waals surface area contributed by atoms with Gasteiger partial charge in [-0.15, -0.1) is 0 Å². The Morgan fingerprint density at radius 2 is 1.88 bits per heavy atom. The number of hydrogen-bond acceptors (Lipinski definition) is 4. The van der Waals surface area contributed by atoms with Gasteiger partial charge in [-0.1, -0.05) is 12.1 Å². The van der Waals surface area contributed by atoms with Crippen LogP contribution in [-0.2, 0) is 6.54 Å².